The van der Waals surface area contributed by atoms with Gasteiger partial charge in [-0.3, -0.25) is 4.79 Å². The molecule has 3 heteroatoms. The Bertz CT molecular complexity index is 537. The number of thiazole rings is 1. The molecule has 0 fully saturated rings. The number of ketones is 1. The monoisotopic (exact) mass is 245 g/mol. The van der Waals surface area contributed by atoms with E-state index in [1.54, 1.807) is 0 Å². The lowest BCUT2D eigenvalue weighted by Gasteiger charge is -2.03. The molecule has 0 spiro atoms. The summed E-state index contributed by atoms with van der Waals surface area (Å²) in [5, 5.41) is 2.77. The first-order chi connectivity index (χ1) is 8.04. The average molecular weight is 245 g/mol. The predicted molar refractivity (Wildman–Crippen MR) is 70.8 cm³/mol. The van der Waals surface area contributed by atoms with Crippen molar-refractivity contribution in [2.45, 2.75) is 27.2 Å². The summed E-state index contributed by atoms with van der Waals surface area (Å²) in [7, 11) is 0. The second kappa shape index (κ2) is 4.80. The molecule has 0 bridgehead atoms. The first-order valence-electron chi connectivity index (χ1n) is 5.57. The molecule has 0 amide bonds. The van der Waals surface area contributed by atoms with Crippen LogP contribution in [0.4, 0.5) is 0 Å². The van der Waals surface area contributed by atoms with Crippen molar-refractivity contribution in [3.63, 3.8) is 0 Å². The van der Waals surface area contributed by atoms with E-state index in [-0.39, 0.29) is 5.78 Å². The van der Waals surface area contributed by atoms with E-state index >= 15 is 0 Å². The number of carbonyl (C=O) groups is 1. The molecule has 0 radical (unpaired) electrons. The number of aryl methyl sites for hydroxylation is 3. The third-order valence-electron chi connectivity index (χ3n) is 2.55. The van der Waals surface area contributed by atoms with Gasteiger partial charge in [0.15, 0.2) is 5.78 Å². The van der Waals surface area contributed by atoms with Gasteiger partial charge in [-0.15, -0.1) is 11.3 Å². The summed E-state index contributed by atoms with van der Waals surface area (Å²) in [6.45, 7) is 6.01. The van der Waals surface area contributed by atoms with Crippen LogP contribution in [0.3, 0.4) is 0 Å². The predicted octanol–water partition coefficient (Wildman–Crippen LogP) is 3.49. The van der Waals surface area contributed by atoms with Crippen LogP contribution in [-0.2, 0) is 6.42 Å². The standard InChI is InChI=1S/C14H15NOS/c1-9-4-10(2)6-12(5-9)7-14(16)13-8-17-11(3)15-13/h4-6,8H,7H2,1-3H3. The SMILES string of the molecule is Cc1cc(C)cc(CC(=O)c2csc(C)n2)c1. The van der Waals surface area contributed by atoms with Crippen LogP contribution >= 0.6 is 11.3 Å². The Morgan fingerprint density at radius 2 is 1.82 bits per heavy atom. The zero-order valence-electron chi connectivity index (χ0n) is 10.3. The lowest BCUT2D eigenvalue weighted by atomic mass is 10.0. The van der Waals surface area contributed by atoms with Crippen molar-refractivity contribution < 1.29 is 4.79 Å². The fourth-order valence-corrected chi connectivity index (χ4v) is 2.56. The quantitative estimate of drug-likeness (QED) is 0.775. The zero-order chi connectivity index (χ0) is 12.4. The van der Waals surface area contributed by atoms with Gasteiger partial charge < -0.3 is 0 Å². The second-order valence-corrected chi connectivity index (χ2v) is 5.41. The summed E-state index contributed by atoms with van der Waals surface area (Å²) in [5.74, 6) is 0.0966. The Hall–Kier alpha value is -1.48. The molecule has 17 heavy (non-hydrogen) atoms. The minimum Gasteiger partial charge on any atom is -0.292 e. The van der Waals surface area contributed by atoms with Gasteiger partial charge in [-0.25, -0.2) is 4.98 Å². The number of rotatable bonds is 3. The summed E-state index contributed by atoms with van der Waals surface area (Å²) in [4.78, 5) is 16.2. The van der Waals surface area contributed by atoms with E-state index in [2.05, 4.69) is 23.2 Å². The average Bonchev–Trinajstić information content (AvgIpc) is 2.63. The first-order valence-corrected chi connectivity index (χ1v) is 6.45. The second-order valence-electron chi connectivity index (χ2n) is 4.35. The molecule has 0 saturated carbocycles. The molecule has 0 aliphatic rings. The highest BCUT2D eigenvalue weighted by molar-refractivity contribution is 7.09. The highest BCUT2D eigenvalue weighted by Crippen LogP contribution is 2.14. The Labute approximate surface area is 105 Å². The van der Waals surface area contributed by atoms with Gasteiger partial charge in [-0.2, -0.15) is 0 Å². The minimum absolute atomic E-state index is 0.0966. The highest BCUT2D eigenvalue weighted by atomic mass is 32.1. The molecule has 2 nitrogen and oxygen atoms in total. The number of hydrogen-bond acceptors (Lipinski definition) is 3. The van der Waals surface area contributed by atoms with E-state index in [1.165, 1.54) is 22.5 Å². The minimum atomic E-state index is 0.0966. The summed E-state index contributed by atoms with van der Waals surface area (Å²) in [5.41, 5.74) is 4.05. The van der Waals surface area contributed by atoms with Crippen LogP contribution < -0.4 is 0 Å². The van der Waals surface area contributed by atoms with Gasteiger partial charge in [0.25, 0.3) is 0 Å². The van der Waals surface area contributed by atoms with Gasteiger partial charge >= 0.3 is 0 Å². The van der Waals surface area contributed by atoms with Crippen molar-refractivity contribution in [3.05, 3.63) is 51.0 Å². The molecule has 0 N–H and O–H groups in total. The molecular weight excluding hydrogens is 230 g/mol. The molecule has 0 saturated heterocycles. The number of Topliss-reactive ketones (excluding diaryl/α,β-unsaturated/α-hetero) is 1. The van der Waals surface area contributed by atoms with Gasteiger partial charge in [0.1, 0.15) is 5.69 Å². The Balaban J connectivity index is 2.18. The Morgan fingerprint density at radius 1 is 1.18 bits per heavy atom. The lowest BCUT2D eigenvalue weighted by Crippen LogP contribution is -2.04. The molecule has 0 aliphatic carbocycles. The number of carbonyl (C=O) groups excluding carboxylic acids is 1. The number of benzene rings is 1. The number of aromatic nitrogens is 1. The number of hydrogen-bond donors (Lipinski definition) is 0. The van der Waals surface area contributed by atoms with Crippen molar-refractivity contribution >= 4 is 17.1 Å². The van der Waals surface area contributed by atoms with Crippen molar-refractivity contribution in [1.82, 2.24) is 4.98 Å². The van der Waals surface area contributed by atoms with Crippen molar-refractivity contribution in [3.8, 4) is 0 Å². The van der Waals surface area contributed by atoms with Crippen LogP contribution in [0.25, 0.3) is 0 Å². The van der Waals surface area contributed by atoms with E-state index < -0.39 is 0 Å². The molecule has 0 unspecified atom stereocenters. The highest BCUT2D eigenvalue weighted by Gasteiger charge is 2.10. The maximum Gasteiger partial charge on any atom is 0.186 e. The zero-order valence-corrected chi connectivity index (χ0v) is 11.1. The van der Waals surface area contributed by atoms with Crippen molar-refractivity contribution in [2.75, 3.05) is 0 Å². The maximum atomic E-state index is 12.0. The number of nitrogens with zero attached hydrogens (tertiary/aromatic N) is 1. The van der Waals surface area contributed by atoms with E-state index in [4.69, 9.17) is 0 Å². The Kier molecular flexibility index (Phi) is 3.38. The first kappa shape index (κ1) is 12.0. The van der Waals surface area contributed by atoms with Crippen LogP contribution in [0.5, 0.6) is 0 Å². The molecule has 0 atom stereocenters. The summed E-state index contributed by atoms with van der Waals surface area (Å²) in [6.07, 6.45) is 0.436. The maximum absolute atomic E-state index is 12.0. The molecule has 1 aromatic heterocycles. The van der Waals surface area contributed by atoms with Gasteiger partial charge in [0, 0.05) is 11.8 Å². The van der Waals surface area contributed by atoms with Gasteiger partial charge in [0.05, 0.1) is 5.01 Å². The van der Waals surface area contributed by atoms with E-state index in [0.717, 1.165) is 10.6 Å². The smallest absolute Gasteiger partial charge is 0.186 e. The fraction of sp³-hybridized carbons (Fsp3) is 0.286. The molecule has 1 aromatic carbocycles. The molecule has 1 heterocycles. The normalized spacial score (nSPS) is 10.5. The van der Waals surface area contributed by atoms with Gasteiger partial charge in [0.2, 0.25) is 0 Å². The van der Waals surface area contributed by atoms with E-state index in [1.807, 2.05) is 26.2 Å². The van der Waals surface area contributed by atoms with Crippen LogP contribution in [-0.4, -0.2) is 10.8 Å². The Morgan fingerprint density at radius 3 is 2.35 bits per heavy atom. The summed E-state index contributed by atoms with van der Waals surface area (Å²) in [6, 6.07) is 6.23. The third kappa shape index (κ3) is 3.01. The molecule has 88 valence electrons. The lowest BCUT2D eigenvalue weighted by molar-refractivity contribution is 0.0989. The summed E-state index contributed by atoms with van der Waals surface area (Å²) < 4.78 is 0. The van der Waals surface area contributed by atoms with Gasteiger partial charge in [-0.1, -0.05) is 29.3 Å². The molecule has 0 aliphatic heterocycles. The van der Waals surface area contributed by atoms with Crippen LogP contribution in [0.2, 0.25) is 0 Å². The summed E-state index contributed by atoms with van der Waals surface area (Å²) >= 11 is 1.52. The van der Waals surface area contributed by atoms with Crippen LogP contribution in [0.1, 0.15) is 32.2 Å². The van der Waals surface area contributed by atoms with Crippen molar-refractivity contribution in [1.29, 1.82) is 0 Å². The molecule has 2 aromatic rings. The fourth-order valence-electron chi connectivity index (χ4n) is 1.94. The molecular formula is C14H15NOS. The van der Waals surface area contributed by atoms with E-state index in [9.17, 15) is 4.79 Å². The largest absolute Gasteiger partial charge is 0.292 e. The van der Waals surface area contributed by atoms with Crippen LogP contribution in [0.15, 0.2) is 23.6 Å². The van der Waals surface area contributed by atoms with Crippen LogP contribution in [0, 0.1) is 20.8 Å². The third-order valence-corrected chi connectivity index (χ3v) is 3.32. The molecule has 2 rings (SSSR count). The van der Waals surface area contributed by atoms with Crippen molar-refractivity contribution in [2.24, 2.45) is 0 Å². The van der Waals surface area contributed by atoms with E-state index in [0.29, 0.717) is 12.1 Å². The van der Waals surface area contributed by atoms with Gasteiger partial charge in [-0.05, 0) is 26.3 Å². The topological polar surface area (TPSA) is 30.0 Å².